The molecular formula is C15H23NO. The average Bonchev–Trinajstić information content (AvgIpc) is 2.24. The van der Waals surface area contributed by atoms with Crippen molar-refractivity contribution in [2.24, 2.45) is 0 Å². The molecule has 0 radical (unpaired) electrons. The standard InChI is InChI=1S/C15H23NO/c1-12-6-4-5-7-13(12)11-16-9-8-14(17)10-15(16,2)3/h4-7,14,17H,8-11H2,1-3H3. The molecular weight excluding hydrogens is 210 g/mol. The summed E-state index contributed by atoms with van der Waals surface area (Å²) in [5, 5.41) is 9.76. The molecule has 0 saturated carbocycles. The zero-order chi connectivity index (χ0) is 12.5. The number of benzene rings is 1. The first-order valence-electron chi connectivity index (χ1n) is 6.47. The molecule has 1 atom stereocenters. The van der Waals surface area contributed by atoms with Crippen LogP contribution >= 0.6 is 0 Å². The van der Waals surface area contributed by atoms with Crippen molar-refractivity contribution in [3.63, 3.8) is 0 Å². The monoisotopic (exact) mass is 233 g/mol. The largest absolute Gasteiger partial charge is 0.393 e. The van der Waals surface area contributed by atoms with Gasteiger partial charge >= 0.3 is 0 Å². The Hall–Kier alpha value is -0.860. The SMILES string of the molecule is Cc1ccccc1CN1CCC(O)CC1(C)C. The fourth-order valence-corrected chi connectivity index (χ4v) is 2.70. The van der Waals surface area contributed by atoms with Gasteiger partial charge in [-0.3, -0.25) is 4.90 Å². The summed E-state index contributed by atoms with van der Waals surface area (Å²) in [6.45, 7) is 8.61. The second-order valence-corrected chi connectivity index (χ2v) is 5.81. The lowest BCUT2D eigenvalue weighted by atomic mass is 9.88. The van der Waals surface area contributed by atoms with Crippen LogP contribution in [0.2, 0.25) is 0 Å². The van der Waals surface area contributed by atoms with Crippen LogP contribution in [0.25, 0.3) is 0 Å². The smallest absolute Gasteiger partial charge is 0.0569 e. The van der Waals surface area contributed by atoms with Crippen molar-refractivity contribution >= 4 is 0 Å². The third-order valence-corrected chi connectivity index (χ3v) is 3.95. The maximum Gasteiger partial charge on any atom is 0.0569 e. The minimum atomic E-state index is -0.127. The lowest BCUT2D eigenvalue weighted by Gasteiger charge is -2.44. The van der Waals surface area contributed by atoms with Crippen LogP contribution in [0, 0.1) is 6.92 Å². The summed E-state index contributed by atoms with van der Waals surface area (Å²) in [5.41, 5.74) is 2.85. The topological polar surface area (TPSA) is 23.5 Å². The molecule has 1 saturated heterocycles. The van der Waals surface area contributed by atoms with Crippen LogP contribution in [0.5, 0.6) is 0 Å². The molecule has 2 rings (SSSR count). The minimum absolute atomic E-state index is 0.0972. The summed E-state index contributed by atoms with van der Waals surface area (Å²) in [7, 11) is 0. The van der Waals surface area contributed by atoms with Crippen LogP contribution < -0.4 is 0 Å². The molecule has 1 aliphatic rings. The van der Waals surface area contributed by atoms with Crippen LogP contribution in [0.3, 0.4) is 0 Å². The molecule has 2 heteroatoms. The maximum absolute atomic E-state index is 9.76. The molecule has 1 N–H and O–H groups in total. The summed E-state index contributed by atoms with van der Waals surface area (Å²) in [4.78, 5) is 2.49. The normalized spacial score (nSPS) is 24.8. The molecule has 0 amide bonds. The van der Waals surface area contributed by atoms with E-state index in [1.807, 2.05) is 0 Å². The van der Waals surface area contributed by atoms with Crippen molar-refractivity contribution in [2.45, 2.75) is 51.8 Å². The number of likely N-dealkylation sites (tertiary alicyclic amines) is 1. The molecule has 0 aromatic heterocycles. The number of hydrogen-bond acceptors (Lipinski definition) is 2. The van der Waals surface area contributed by atoms with Gasteiger partial charge in [-0.25, -0.2) is 0 Å². The summed E-state index contributed by atoms with van der Waals surface area (Å²) in [6.07, 6.45) is 1.65. The molecule has 1 aliphatic heterocycles. The van der Waals surface area contributed by atoms with Crippen LogP contribution in [0.4, 0.5) is 0 Å². The van der Waals surface area contributed by atoms with Gasteiger partial charge in [0.25, 0.3) is 0 Å². The highest BCUT2D eigenvalue weighted by atomic mass is 16.3. The van der Waals surface area contributed by atoms with Gasteiger partial charge in [0.15, 0.2) is 0 Å². The number of aryl methyl sites for hydroxylation is 1. The van der Waals surface area contributed by atoms with Gasteiger partial charge in [0.1, 0.15) is 0 Å². The Kier molecular flexibility index (Phi) is 3.55. The van der Waals surface area contributed by atoms with Gasteiger partial charge in [-0.2, -0.15) is 0 Å². The molecule has 2 nitrogen and oxygen atoms in total. The number of hydrogen-bond donors (Lipinski definition) is 1. The third kappa shape index (κ3) is 2.88. The second kappa shape index (κ2) is 4.79. The summed E-state index contributed by atoms with van der Waals surface area (Å²) >= 11 is 0. The molecule has 1 heterocycles. The van der Waals surface area contributed by atoms with Gasteiger partial charge in [-0.05, 0) is 44.7 Å². The van der Waals surface area contributed by atoms with E-state index in [1.165, 1.54) is 11.1 Å². The van der Waals surface area contributed by atoms with Crippen molar-refractivity contribution in [3.05, 3.63) is 35.4 Å². The number of nitrogens with zero attached hydrogens (tertiary/aromatic N) is 1. The first-order chi connectivity index (χ1) is 7.99. The third-order valence-electron chi connectivity index (χ3n) is 3.95. The summed E-state index contributed by atoms with van der Waals surface area (Å²) < 4.78 is 0. The molecule has 1 aromatic rings. The second-order valence-electron chi connectivity index (χ2n) is 5.81. The highest BCUT2D eigenvalue weighted by Gasteiger charge is 2.33. The average molecular weight is 233 g/mol. The lowest BCUT2D eigenvalue weighted by Crippen LogP contribution is -2.50. The molecule has 0 aliphatic carbocycles. The Balaban J connectivity index is 2.11. The molecule has 1 fully saturated rings. The van der Waals surface area contributed by atoms with Crippen LogP contribution in [-0.4, -0.2) is 28.2 Å². The van der Waals surface area contributed by atoms with Gasteiger partial charge in [0.2, 0.25) is 0 Å². The molecule has 17 heavy (non-hydrogen) atoms. The fraction of sp³-hybridized carbons (Fsp3) is 0.600. The van der Waals surface area contributed by atoms with Crippen molar-refractivity contribution < 1.29 is 5.11 Å². The molecule has 0 bridgehead atoms. The fourth-order valence-electron chi connectivity index (χ4n) is 2.70. The number of rotatable bonds is 2. The van der Waals surface area contributed by atoms with Gasteiger partial charge in [-0.15, -0.1) is 0 Å². The van der Waals surface area contributed by atoms with Crippen LogP contribution in [0.15, 0.2) is 24.3 Å². The van der Waals surface area contributed by atoms with E-state index in [1.54, 1.807) is 0 Å². The predicted molar refractivity (Wildman–Crippen MR) is 70.9 cm³/mol. The van der Waals surface area contributed by atoms with E-state index in [-0.39, 0.29) is 11.6 Å². The summed E-state index contributed by atoms with van der Waals surface area (Å²) in [5.74, 6) is 0. The first kappa shape index (κ1) is 12.6. The predicted octanol–water partition coefficient (Wildman–Crippen LogP) is 2.73. The Bertz CT molecular complexity index is 386. The van der Waals surface area contributed by atoms with E-state index in [0.29, 0.717) is 0 Å². The number of piperidine rings is 1. The van der Waals surface area contributed by atoms with E-state index < -0.39 is 0 Å². The van der Waals surface area contributed by atoms with Crippen molar-refractivity contribution in [1.82, 2.24) is 4.90 Å². The zero-order valence-corrected chi connectivity index (χ0v) is 11.1. The van der Waals surface area contributed by atoms with E-state index in [2.05, 4.69) is 49.9 Å². The highest BCUT2D eigenvalue weighted by molar-refractivity contribution is 5.25. The molecule has 1 unspecified atom stereocenters. The Labute approximate surface area is 104 Å². The minimum Gasteiger partial charge on any atom is -0.393 e. The number of aliphatic hydroxyl groups is 1. The van der Waals surface area contributed by atoms with Crippen molar-refractivity contribution in [3.8, 4) is 0 Å². The van der Waals surface area contributed by atoms with Gasteiger partial charge in [0.05, 0.1) is 6.10 Å². The van der Waals surface area contributed by atoms with Gasteiger partial charge in [0, 0.05) is 18.6 Å². The Morgan fingerprint density at radius 3 is 2.71 bits per heavy atom. The van der Waals surface area contributed by atoms with E-state index in [9.17, 15) is 5.11 Å². The Morgan fingerprint density at radius 2 is 2.06 bits per heavy atom. The summed E-state index contributed by atoms with van der Waals surface area (Å²) in [6, 6.07) is 8.57. The van der Waals surface area contributed by atoms with E-state index in [4.69, 9.17) is 0 Å². The molecule has 94 valence electrons. The Morgan fingerprint density at radius 1 is 1.35 bits per heavy atom. The van der Waals surface area contributed by atoms with Gasteiger partial charge < -0.3 is 5.11 Å². The lowest BCUT2D eigenvalue weighted by molar-refractivity contribution is -0.00725. The van der Waals surface area contributed by atoms with Crippen LogP contribution in [-0.2, 0) is 6.54 Å². The zero-order valence-electron chi connectivity index (χ0n) is 11.1. The van der Waals surface area contributed by atoms with Crippen LogP contribution in [0.1, 0.15) is 37.8 Å². The highest BCUT2D eigenvalue weighted by Crippen LogP contribution is 2.29. The quantitative estimate of drug-likeness (QED) is 0.849. The van der Waals surface area contributed by atoms with E-state index >= 15 is 0 Å². The van der Waals surface area contributed by atoms with Gasteiger partial charge in [-0.1, -0.05) is 24.3 Å². The molecule has 1 aromatic carbocycles. The van der Waals surface area contributed by atoms with E-state index in [0.717, 1.165) is 25.9 Å². The first-order valence-corrected chi connectivity index (χ1v) is 6.47. The number of aliphatic hydroxyl groups excluding tert-OH is 1. The van der Waals surface area contributed by atoms with Crippen molar-refractivity contribution in [2.75, 3.05) is 6.54 Å². The van der Waals surface area contributed by atoms with Crippen molar-refractivity contribution in [1.29, 1.82) is 0 Å². The molecule has 0 spiro atoms. The maximum atomic E-state index is 9.76.